The molecule has 8 heteroatoms. The van der Waals surface area contributed by atoms with Crippen LogP contribution in [-0.4, -0.2) is 18.0 Å². The lowest BCUT2D eigenvalue weighted by molar-refractivity contribution is 0.537. The number of hydrogen-bond donors (Lipinski definition) is 1. The van der Waals surface area contributed by atoms with E-state index in [0.717, 1.165) is 0 Å². The molecule has 0 atom stereocenters. The van der Waals surface area contributed by atoms with Gasteiger partial charge in [0.1, 0.15) is 5.82 Å². The molecule has 2 rings (SSSR count). The second-order valence-corrected chi connectivity index (χ2v) is 5.42. The van der Waals surface area contributed by atoms with Gasteiger partial charge in [0, 0.05) is 11.1 Å². The maximum Gasteiger partial charge on any atom is 0.350 e. The second kappa shape index (κ2) is 4.47. The van der Waals surface area contributed by atoms with E-state index in [1.165, 1.54) is 24.3 Å². The van der Waals surface area contributed by atoms with Crippen molar-refractivity contribution in [2.75, 3.05) is 5.73 Å². The summed E-state index contributed by atoms with van der Waals surface area (Å²) in [6, 6.07) is 6.71. The van der Waals surface area contributed by atoms with Crippen LogP contribution in [0.15, 0.2) is 45.0 Å². The predicted octanol–water partition coefficient (Wildman–Crippen LogP) is 0.334. The van der Waals surface area contributed by atoms with E-state index in [1.807, 2.05) is 0 Å². The van der Waals surface area contributed by atoms with Gasteiger partial charge in [0.15, 0.2) is 0 Å². The Morgan fingerprint density at radius 2 is 2.00 bits per heavy atom. The summed E-state index contributed by atoms with van der Waals surface area (Å²) in [5, 5.41) is -1.21. The molecule has 2 N–H and O–H groups in total. The van der Waals surface area contributed by atoms with Crippen LogP contribution in [0.2, 0.25) is 0 Å². The minimum absolute atomic E-state index is 0.0770. The number of nitrogen functional groups attached to an aromatic ring is 1. The summed E-state index contributed by atoms with van der Waals surface area (Å²) in [6.45, 7) is -3.08. The molecule has 1 aromatic heterocycles. The van der Waals surface area contributed by atoms with Crippen molar-refractivity contribution in [2.24, 2.45) is 6.98 Å². The minimum atomic E-state index is -4.44. The maximum atomic E-state index is 14.2. The van der Waals surface area contributed by atoms with Crippen LogP contribution in [0.5, 0.6) is 0 Å². The van der Waals surface area contributed by atoms with Crippen molar-refractivity contribution in [2.45, 2.75) is 9.92 Å². The van der Waals surface area contributed by atoms with Gasteiger partial charge >= 0.3 is 5.69 Å². The molecule has 1 aromatic carbocycles. The Bertz CT molecular complexity index is 879. The first-order valence-electron chi connectivity index (χ1n) is 6.45. The van der Waals surface area contributed by atoms with Crippen LogP contribution >= 0.6 is 0 Å². The van der Waals surface area contributed by atoms with Gasteiger partial charge in [-0.2, -0.15) is 9.37 Å². The topological polar surface area (TPSA) is 95.1 Å². The highest BCUT2D eigenvalue weighted by molar-refractivity contribution is 7.91. The number of benzene rings is 1. The Kier molecular flexibility index (Phi) is 2.27. The number of nitrogens with zero attached hydrogens (tertiary/aromatic N) is 2. The molecule has 100 valence electrons. The van der Waals surface area contributed by atoms with Gasteiger partial charge in [0.05, 0.1) is 4.90 Å². The average molecular weight is 286 g/mol. The van der Waals surface area contributed by atoms with Crippen LogP contribution < -0.4 is 11.4 Å². The van der Waals surface area contributed by atoms with Crippen LogP contribution in [0.3, 0.4) is 0 Å². The largest absolute Gasteiger partial charge is 0.382 e. The van der Waals surface area contributed by atoms with E-state index in [1.54, 1.807) is 6.07 Å². The van der Waals surface area contributed by atoms with Crippen LogP contribution in [-0.2, 0) is 16.8 Å². The molecule has 0 spiro atoms. The van der Waals surface area contributed by atoms with Gasteiger partial charge in [-0.05, 0) is 12.1 Å². The summed E-state index contributed by atoms with van der Waals surface area (Å²) in [5.74, 6) is -2.70. The van der Waals surface area contributed by atoms with E-state index in [-0.39, 0.29) is 9.46 Å². The Morgan fingerprint density at radius 1 is 1.37 bits per heavy atom. The fraction of sp³-hybridized carbons (Fsp3) is 0.0909. The molecule has 1 heterocycles. The molecular weight excluding hydrogens is 273 g/mol. The van der Waals surface area contributed by atoms with Crippen molar-refractivity contribution in [3.8, 4) is 0 Å². The molecule has 0 bridgehead atoms. The molecule has 19 heavy (non-hydrogen) atoms. The smallest absolute Gasteiger partial charge is 0.350 e. The average Bonchev–Trinajstić information content (AvgIpc) is 2.42. The summed E-state index contributed by atoms with van der Waals surface area (Å²) in [7, 11) is -4.44. The van der Waals surface area contributed by atoms with Crippen molar-refractivity contribution in [3.05, 3.63) is 46.6 Å². The lowest BCUT2D eigenvalue weighted by atomic mass is 10.4. The number of nitrogens with two attached hydrogens (primary N) is 1. The Labute approximate surface area is 112 Å². The van der Waals surface area contributed by atoms with Gasteiger partial charge in [0.25, 0.3) is 0 Å². The molecule has 0 aliphatic rings. The number of sulfone groups is 1. The Hall–Kier alpha value is -2.22. The van der Waals surface area contributed by atoms with Gasteiger partial charge in [-0.1, -0.05) is 18.2 Å². The summed E-state index contributed by atoms with van der Waals surface area (Å²) < 4.78 is 60.0. The highest BCUT2D eigenvalue weighted by Gasteiger charge is 2.27. The predicted molar refractivity (Wildman–Crippen MR) is 65.7 cm³/mol. The van der Waals surface area contributed by atoms with Gasteiger partial charge in [-0.25, -0.2) is 13.2 Å². The molecular formula is C11H10FN3O3S. The van der Waals surface area contributed by atoms with Crippen LogP contribution in [0.1, 0.15) is 4.11 Å². The zero-order valence-corrected chi connectivity index (χ0v) is 10.2. The van der Waals surface area contributed by atoms with E-state index in [4.69, 9.17) is 9.85 Å². The first kappa shape index (κ1) is 9.68. The van der Waals surface area contributed by atoms with Gasteiger partial charge in [-0.3, -0.25) is 4.57 Å². The second-order valence-electron chi connectivity index (χ2n) is 3.55. The van der Waals surface area contributed by atoms with Crippen molar-refractivity contribution < 1.29 is 16.9 Å². The van der Waals surface area contributed by atoms with Crippen molar-refractivity contribution in [1.82, 2.24) is 9.55 Å². The molecule has 0 saturated carbocycles. The molecule has 0 amide bonds. The summed E-state index contributed by atoms with van der Waals surface area (Å²) in [6.07, 6.45) is 0. The molecule has 6 nitrogen and oxygen atoms in total. The van der Waals surface area contributed by atoms with E-state index in [9.17, 15) is 17.6 Å². The molecule has 0 unspecified atom stereocenters. The molecule has 2 aromatic rings. The fourth-order valence-electron chi connectivity index (χ4n) is 1.39. The fourth-order valence-corrected chi connectivity index (χ4v) is 2.66. The maximum absolute atomic E-state index is 14.2. The number of anilines is 1. The van der Waals surface area contributed by atoms with Crippen molar-refractivity contribution >= 4 is 15.7 Å². The summed E-state index contributed by atoms with van der Waals surface area (Å²) in [5.41, 5.74) is 3.79. The first-order chi connectivity index (χ1) is 10.1. The third-order valence-electron chi connectivity index (χ3n) is 2.35. The van der Waals surface area contributed by atoms with Crippen LogP contribution in [0.25, 0.3) is 0 Å². The summed E-state index contributed by atoms with van der Waals surface area (Å²) in [4.78, 5) is 14.5. The third-order valence-corrected chi connectivity index (χ3v) is 4.02. The third kappa shape index (κ3) is 2.10. The zero-order chi connectivity index (χ0) is 16.7. The van der Waals surface area contributed by atoms with Crippen molar-refractivity contribution in [3.63, 3.8) is 0 Å². The van der Waals surface area contributed by atoms with Gasteiger partial charge < -0.3 is 5.73 Å². The van der Waals surface area contributed by atoms with E-state index < -0.39 is 39.2 Å². The highest BCUT2D eigenvalue weighted by atomic mass is 32.2. The molecule has 0 aliphatic heterocycles. The van der Waals surface area contributed by atoms with Crippen LogP contribution in [0, 0.1) is 5.82 Å². The lowest BCUT2D eigenvalue weighted by Gasteiger charge is -2.08. The van der Waals surface area contributed by atoms with Gasteiger partial charge in [-0.15, -0.1) is 0 Å². The van der Waals surface area contributed by atoms with E-state index in [2.05, 4.69) is 4.98 Å². The summed E-state index contributed by atoms with van der Waals surface area (Å²) >= 11 is 0. The molecule has 0 fully saturated rings. The molecule has 0 saturated heterocycles. The normalized spacial score (nSPS) is 14.5. The lowest BCUT2D eigenvalue weighted by Crippen LogP contribution is -2.27. The first-order valence-corrected chi connectivity index (χ1v) is 6.44. The molecule has 0 aliphatic carbocycles. The molecule has 0 radical (unpaired) electrons. The van der Waals surface area contributed by atoms with Crippen LogP contribution in [0.4, 0.5) is 10.2 Å². The van der Waals surface area contributed by atoms with E-state index >= 15 is 0 Å². The number of rotatable bonds is 2. The Balaban J connectivity index is 2.78. The monoisotopic (exact) mass is 286 g/mol. The Morgan fingerprint density at radius 3 is 2.58 bits per heavy atom. The zero-order valence-electron chi connectivity index (χ0n) is 12.4. The number of aromatic nitrogens is 2. The SMILES string of the molecule is [2H]C([2H])([2H])n1c(N)c(F)c(S(=O)(=O)c2ccccc2)nc1=O. The minimum Gasteiger partial charge on any atom is -0.382 e. The number of hydrogen-bond acceptors (Lipinski definition) is 5. The standard InChI is InChI=1S/C11H10FN3O3S/c1-15-9(13)8(12)10(14-11(15)16)19(17,18)7-5-3-2-4-6-7/h2-6H,13H2,1H3/i1D3. The van der Waals surface area contributed by atoms with Gasteiger partial charge in [0.2, 0.25) is 20.7 Å². The van der Waals surface area contributed by atoms with Crippen molar-refractivity contribution in [1.29, 1.82) is 0 Å². The van der Waals surface area contributed by atoms with E-state index in [0.29, 0.717) is 0 Å². The number of halogens is 1. The quantitative estimate of drug-likeness (QED) is 0.803. The highest BCUT2D eigenvalue weighted by Crippen LogP contribution is 2.22.